The summed E-state index contributed by atoms with van der Waals surface area (Å²) in [4.78, 5) is 16.0. The number of nitrogens with one attached hydrogen (secondary N) is 1. The lowest BCUT2D eigenvalue weighted by molar-refractivity contribution is 0.0977. The molecule has 3 rings (SSSR count). The van der Waals surface area contributed by atoms with E-state index in [4.69, 9.17) is 34.8 Å². The molecule has 0 aliphatic rings. The molecule has 3 aromatic rings. The summed E-state index contributed by atoms with van der Waals surface area (Å²) in [5.41, 5.74) is 0.439. The second-order valence-electron chi connectivity index (χ2n) is 5.25. The molecular formula is C16H9BrCl3N3O3S. The van der Waals surface area contributed by atoms with Gasteiger partial charge in [0, 0.05) is 11.9 Å². The van der Waals surface area contributed by atoms with Gasteiger partial charge in [0.15, 0.2) is 0 Å². The summed E-state index contributed by atoms with van der Waals surface area (Å²) in [5.74, 6) is -0.900. The number of carbonyl (C=O) groups excluding carboxylic acids is 1. The maximum Gasteiger partial charge on any atom is 0.285 e. The minimum Gasteiger partial charge on any atom is -0.305 e. The number of hydrogen-bond donors (Lipinski definition) is 1. The summed E-state index contributed by atoms with van der Waals surface area (Å²) in [5, 5.41) is 0.750. The number of hydrogen-bond acceptors (Lipinski definition) is 4. The van der Waals surface area contributed by atoms with E-state index in [0.717, 1.165) is 0 Å². The van der Waals surface area contributed by atoms with Crippen LogP contribution < -0.4 is 4.72 Å². The van der Waals surface area contributed by atoms with Gasteiger partial charge < -0.3 is 4.57 Å². The minimum atomic E-state index is -4.14. The maximum absolute atomic E-state index is 12.3. The van der Waals surface area contributed by atoms with Crippen LogP contribution in [-0.4, -0.2) is 23.9 Å². The third-order valence-corrected chi connectivity index (χ3v) is 7.17. The van der Waals surface area contributed by atoms with Gasteiger partial charge in [0.25, 0.3) is 15.9 Å². The lowest BCUT2D eigenvalue weighted by atomic mass is 10.3. The van der Waals surface area contributed by atoms with E-state index in [1.54, 1.807) is 18.2 Å². The van der Waals surface area contributed by atoms with Crippen molar-refractivity contribution in [3.63, 3.8) is 0 Å². The van der Waals surface area contributed by atoms with E-state index in [1.165, 1.54) is 35.3 Å². The van der Waals surface area contributed by atoms with Gasteiger partial charge in [-0.05, 0) is 40.2 Å². The van der Waals surface area contributed by atoms with Crippen LogP contribution in [-0.2, 0) is 10.0 Å². The van der Waals surface area contributed by atoms with E-state index in [9.17, 15) is 13.2 Å². The Bertz CT molecular complexity index is 1130. The second kappa shape index (κ2) is 7.81. The average molecular weight is 510 g/mol. The Morgan fingerprint density at radius 3 is 2.33 bits per heavy atom. The number of imidazole rings is 1. The average Bonchev–Trinajstić information content (AvgIpc) is 3.09. The highest BCUT2D eigenvalue weighted by Gasteiger charge is 2.22. The highest BCUT2D eigenvalue weighted by Crippen LogP contribution is 2.32. The van der Waals surface area contributed by atoms with Crippen molar-refractivity contribution in [1.29, 1.82) is 0 Å². The van der Waals surface area contributed by atoms with Gasteiger partial charge in [0.2, 0.25) is 0 Å². The molecule has 0 spiro atoms. The van der Waals surface area contributed by atoms with E-state index in [-0.39, 0.29) is 15.6 Å². The quantitative estimate of drug-likeness (QED) is 0.517. The van der Waals surface area contributed by atoms with Gasteiger partial charge in [0.05, 0.1) is 19.5 Å². The summed E-state index contributed by atoms with van der Waals surface area (Å²) in [6.45, 7) is 0. The van der Waals surface area contributed by atoms with Crippen molar-refractivity contribution in [3.05, 3.63) is 74.2 Å². The smallest absolute Gasteiger partial charge is 0.285 e. The molecule has 1 aromatic heterocycles. The summed E-state index contributed by atoms with van der Waals surface area (Å²) < 4.78 is 28.7. The zero-order valence-corrected chi connectivity index (χ0v) is 17.8. The van der Waals surface area contributed by atoms with E-state index in [0.29, 0.717) is 20.2 Å². The molecule has 1 amide bonds. The molecule has 6 nitrogen and oxygen atoms in total. The summed E-state index contributed by atoms with van der Waals surface area (Å²) in [7, 11) is -4.14. The fraction of sp³-hybridized carbons (Fsp3) is 0. The van der Waals surface area contributed by atoms with E-state index >= 15 is 0 Å². The fourth-order valence-corrected chi connectivity index (χ4v) is 4.35. The molecule has 140 valence electrons. The van der Waals surface area contributed by atoms with E-state index in [2.05, 4.69) is 20.9 Å². The third kappa shape index (κ3) is 4.30. The predicted molar refractivity (Wildman–Crippen MR) is 107 cm³/mol. The van der Waals surface area contributed by atoms with Gasteiger partial charge in [-0.25, -0.2) is 18.1 Å². The molecule has 2 aromatic carbocycles. The van der Waals surface area contributed by atoms with Gasteiger partial charge >= 0.3 is 0 Å². The molecular weight excluding hydrogens is 501 g/mol. The van der Waals surface area contributed by atoms with Crippen LogP contribution in [0.4, 0.5) is 0 Å². The van der Waals surface area contributed by atoms with E-state index in [1.807, 2.05) is 4.72 Å². The van der Waals surface area contributed by atoms with Crippen LogP contribution in [0.1, 0.15) is 10.5 Å². The zero-order valence-electron chi connectivity index (χ0n) is 13.2. The Morgan fingerprint density at radius 1 is 1.07 bits per heavy atom. The number of carbonyl (C=O) groups is 1. The molecule has 0 unspecified atom stereocenters. The van der Waals surface area contributed by atoms with Gasteiger partial charge in [-0.2, -0.15) is 0 Å². The number of halogens is 4. The van der Waals surface area contributed by atoms with E-state index < -0.39 is 15.9 Å². The summed E-state index contributed by atoms with van der Waals surface area (Å²) in [6, 6.07) is 9.02. The fourth-order valence-electron chi connectivity index (χ4n) is 2.16. The Balaban J connectivity index is 1.87. The Morgan fingerprint density at radius 2 is 1.70 bits per heavy atom. The number of nitrogens with zero attached hydrogens (tertiary/aromatic N) is 2. The first kappa shape index (κ1) is 20.2. The van der Waals surface area contributed by atoms with Crippen LogP contribution in [0.2, 0.25) is 15.1 Å². The standard InChI is InChI=1S/C16H9BrCl3N3O3S/c17-15-11(19)5-9(6-12(15)20)23-7-13(21-8-23)16(24)22-27(25,26)14-4-2-1-3-10(14)18/h1-8H,(H,22,24). The molecule has 1 heterocycles. The molecule has 0 radical (unpaired) electrons. The van der Waals surface area contributed by atoms with Crippen LogP contribution in [0, 0.1) is 0 Å². The van der Waals surface area contributed by atoms with Crippen LogP contribution in [0.3, 0.4) is 0 Å². The second-order valence-corrected chi connectivity index (χ2v) is 8.92. The molecule has 0 aliphatic carbocycles. The SMILES string of the molecule is O=C(NS(=O)(=O)c1ccccc1Cl)c1cn(-c2cc(Cl)c(Br)c(Cl)c2)cn1. The molecule has 27 heavy (non-hydrogen) atoms. The first-order valence-corrected chi connectivity index (χ1v) is 10.6. The first-order chi connectivity index (χ1) is 12.7. The monoisotopic (exact) mass is 507 g/mol. The van der Waals surface area contributed by atoms with Crippen molar-refractivity contribution in [3.8, 4) is 5.69 Å². The minimum absolute atomic E-state index is 0.00229. The van der Waals surface area contributed by atoms with Crippen LogP contribution in [0.5, 0.6) is 0 Å². The molecule has 0 aliphatic heterocycles. The van der Waals surface area contributed by atoms with Gasteiger partial charge in [-0.1, -0.05) is 46.9 Å². The summed E-state index contributed by atoms with van der Waals surface area (Å²) in [6.07, 6.45) is 2.69. The zero-order chi connectivity index (χ0) is 19.8. The highest BCUT2D eigenvalue weighted by atomic mass is 79.9. The van der Waals surface area contributed by atoms with Crippen molar-refractivity contribution >= 4 is 66.7 Å². The number of benzene rings is 2. The maximum atomic E-state index is 12.3. The van der Waals surface area contributed by atoms with Crippen molar-refractivity contribution in [2.75, 3.05) is 0 Å². The van der Waals surface area contributed by atoms with Crippen molar-refractivity contribution in [2.24, 2.45) is 0 Å². The normalized spacial score (nSPS) is 11.4. The predicted octanol–water partition coefficient (Wildman–Crippen LogP) is 4.71. The summed E-state index contributed by atoms with van der Waals surface area (Å²) >= 11 is 21.3. The van der Waals surface area contributed by atoms with Crippen molar-refractivity contribution < 1.29 is 13.2 Å². The molecule has 11 heteroatoms. The molecule has 0 atom stereocenters. The van der Waals surface area contributed by atoms with Crippen molar-refractivity contribution in [2.45, 2.75) is 4.90 Å². The number of aromatic nitrogens is 2. The van der Waals surface area contributed by atoms with Gasteiger partial charge in [-0.15, -0.1) is 0 Å². The van der Waals surface area contributed by atoms with Gasteiger partial charge in [0.1, 0.15) is 16.9 Å². The lowest BCUT2D eigenvalue weighted by Crippen LogP contribution is -2.31. The highest BCUT2D eigenvalue weighted by molar-refractivity contribution is 9.10. The molecule has 0 saturated heterocycles. The topological polar surface area (TPSA) is 81.1 Å². The van der Waals surface area contributed by atoms with Crippen molar-refractivity contribution in [1.82, 2.24) is 14.3 Å². The Kier molecular flexibility index (Phi) is 5.83. The largest absolute Gasteiger partial charge is 0.305 e. The number of sulfonamides is 1. The molecule has 0 bridgehead atoms. The molecule has 1 N–H and O–H groups in total. The first-order valence-electron chi connectivity index (χ1n) is 7.19. The van der Waals surface area contributed by atoms with Crippen LogP contribution >= 0.6 is 50.7 Å². The van der Waals surface area contributed by atoms with Crippen LogP contribution in [0.25, 0.3) is 5.69 Å². The third-order valence-electron chi connectivity index (χ3n) is 3.44. The van der Waals surface area contributed by atoms with Gasteiger partial charge in [-0.3, -0.25) is 4.79 Å². The molecule has 0 fully saturated rings. The Labute approximate surface area is 178 Å². The molecule has 0 saturated carbocycles. The number of amides is 1. The van der Waals surface area contributed by atoms with Crippen LogP contribution in [0.15, 0.2) is 58.3 Å². The number of rotatable bonds is 4. The lowest BCUT2D eigenvalue weighted by Gasteiger charge is -2.07. The Hall–Kier alpha value is -1.58.